The summed E-state index contributed by atoms with van der Waals surface area (Å²) in [5, 5.41) is 37.2. The van der Waals surface area contributed by atoms with Crippen molar-refractivity contribution in [1.29, 1.82) is 0 Å². The monoisotopic (exact) mass is 220 g/mol. The highest BCUT2D eigenvalue weighted by molar-refractivity contribution is 4.90. The standard InChI is InChI=1S/C9H16O6/c1-4(2)14-9-8(13)7(12)6(11)5(3-10)15-9/h5-13H,1,3H2,2H3/t5-,6-,7+,8-,9+/m1/s1. The summed E-state index contributed by atoms with van der Waals surface area (Å²) in [4.78, 5) is 0. The summed E-state index contributed by atoms with van der Waals surface area (Å²) in [6.45, 7) is 4.54. The molecule has 1 fully saturated rings. The molecule has 0 aromatic heterocycles. The Morgan fingerprint density at radius 1 is 1.27 bits per heavy atom. The van der Waals surface area contributed by atoms with Gasteiger partial charge in [-0.3, -0.25) is 0 Å². The Morgan fingerprint density at radius 2 is 1.87 bits per heavy atom. The van der Waals surface area contributed by atoms with Crippen LogP contribution in [-0.4, -0.2) is 57.7 Å². The number of hydrogen-bond donors (Lipinski definition) is 4. The summed E-state index contributed by atoms with van der Waals surface area (Å²) >= 11 is 0. The van der Waals surface area contributed by atoms with Gasteiger partial charge >= 0.3 is 0 Å². The predicted molar refractivity (Wildman–Crippen MR) is 49.7 cm³/mol. The molecule has 0 bridgehead atoms. The molecule has 0 spiro atoms. The van der Waals surface area contributed by atoms with Crippen molar-refractivity contribution in [1.82, 2.24) is 0 Å². The van der Waals surface area contributed by atoms with Crippen LogP contribution in [0.15, 0.2) is 12.3 Å². The third kappa shape index (κ3) is 2.67. The van der Waals surface area contributed by atoms with Crippen LogP contribution in [0.5, 0.6) is 0 Å². The lowest BCUT2D eigenvalue weighted by Crippen LogP contribution is -2.59. The second kappa shape index (κ2) is 4.91. The third-order valence-corrected chi connectivity index (χ3v) is 2.17. The highest BCUT2D eigenvalue weighted by Gasteiger charge is 2.44. The Balaban J connectivity index is 2.69. The SMILES string of the molecule is C=C(C)O[C@H]1O[C@H](CO)[C@@H](O)[C@H](O)[C@H]1O. The van der Waals surface area contributed by atoms with E-state index in [0.29, 0.717) is 5.76 Å². The minimum atomic E-state index is -1.42. The van der Waals surface area contributed by atoms with Crippen molar-refractivity contribution in [2.24, 2.45) is 0 Å². The molecule has 4 N–H and O–H groups in total. The number of aliphatic hydroxyl groups is 4. The zero-order chi connectivity index (χ0) is 11.6. The lowest BCUT2D eigenvalue weighted by Gasteiger charge is -2.39. The lowest BCUT2D eigenvalue weighted by molar-refractivity contribution is -0.291. The van der Waals surface area contributed by atoms with E-state index in [9.17, 15) is 15.3 Å². The summed E-state index contributed by atoms with van der Waals surface area (Å²) in [7, 11) is 0. The minimum absolute atomic E-state index is 0.305. The average Bonchev–Trinajstić information content (AvgIpc) is 2.18. The molecule has 0 aromatic rings. The first-order valence-electron chi connectivity index (χ1n) is 4.60. The molecule has 15 heavy (non-hydrogen) atoms. The molecule has 0 amide bonds. The Kier molecular flexibility index (Phi) is 4.06. The Hall–Kier alpha value is -0.660. The number of allylic oxidation sites excluding steroid dienone is 1. The predicted octanol–water partition coefficient (Wildman–Crippen LogP) is -1.66. The van der Waals surface area contributed by atoms with E-state index < -0.39 is 37.3 Å². The fraction of sp³-hybridized carbons (Fsp3) is 0.778. The van der Waals surface area contributed by atoms with E-state index in [1.807, 2.05) is 0 Å². The molecule has 6 nitrogen and oxygen atoms in total. The molecule has 1 rings (SSSR count). The summed E-state index contributed by atoms with van der Waals surface area (Å²) in [6.07, 6.45) is -6.24. The molecule has 0 aromatic carbocycles. The van der Waals surface area contributed by atoms with Crippen LogP contribution >= 0.6 is 0 Å². The van der Waals surface area contributed by atoms with E-state index in [-0.39, 0.29) is 0 Å². The smallest absolute Gasteiger partial charge is 0.228 e. The van der Waals surface area contributed by atoms with Crippen molar-refractivity contribution in [3.05, 3.63) is 12.3 Å². The number of aliphatic hydroxyl groups excluding tert-OH is 4. The number of hydrogen-bond acceptors (Lipinski definition) is 6. The third-order valence-electron chi connectivity index (χ3n) is 2.17. The van der Waals surface area contributed by atoms with Crippen LogP contribution in [0.25, 0.3) is 0 Å². The van der Waals surface area contributed by atoms with Crippen LogP contribution in [0.2, 0.25) is 0 Å². The van der Waals surface area contributed by atoms with Crippen LogP contribution in [0.4, 0.5) is 0 Å². The Bertz CT molecular complexity index is 229. The van der Waals surface area contributed by atoms with Gasteiger partial charge in [0.25, 0.3) is 0 Å². The van der Waals surface area contributed by atoms with Crippen molar-refractivity contribution in [2.45, 2.75) is 37.6 Å². The topological polar surface area (TPSA) is 99.4 Å². The molecule has 1 saturated heterocycles. The van der Waals surface area contributed by atoms with Gasteiger partial charge in [-0.25, -0.2) is 0 Å². The zero-order valence-corrected chi connectivity index (χ0v) is 8.41. The van der Waals surface area contributed by atoms with Crippen molar-refractivity contribution >= 4 is 0 Å². The molecule has 0 saturated carbocycles. The van der Waals surface area contributed by atoms with E-state index >= 15 is 0 Å². The fourth-order valence-electron chi connectivity index (χ4n) is 1.36. The molecule has 88 valence electrons. The lowest BCUT2D eigenvalue weighted by atomic mass is 9.99. The zero-order valence-electron chi connectivity index (χ0n) is 8.41. The van der Waals surface area contributed by atoms with Crippen LogP contribution in [0, 0.1) is 0 Å². The van der Waals surface area contributed by atoms with Gasteiger partial charge in [-0.2, -0.15) is 0 Å². The van der Waals surface area contributed by atoms with E-state index in [1.54, 1.807) is 6.92 Å². The van der Waals surface area contributed by atoms with Gasteiger partial charge in [-0.1, -0.05) is 6.58 Å². The van der Waals surface area contributed by atoms with Gasteiger partial charge in [0.05, 0.1) is 12.4 Å². The van der Waals surface area contributed by atoms with E-state index in [1.165, 1.54) is 0 Å². The van der Waals surface area contributed by atoms with E-state index in [2.05, 4.69) is 6.58 Å². The number of ether oxygens (including phenoxy) is 2. The van der Waals surface area contributed by atoms with Crippen molar-refractivity contribution in [2.75, 3.05) is 6.61 Å². The largest absolute Gasteiger partial charge is 0.467 e. The maximum absolute atomic E-state index is 9.49. The summed E-state index contributed by atoms with van der Waals surface area (Å²) in [5.41, 5.74) is 0. The summed E-state index contributed by atoms with van der Waals surface area (Å²) in [5.74, 6) is 0.305. The second-order valence-corrected chi connectivity index (χ2v) is 3.52. The van der Waals surface area contributed by atoms with Crippen LogP contribution in [0.3, 0.4) is 0 Å². The Labute approximate surface area is 87.4 Å². The molecule has 6 heteroatoms. The van der Waals surface area contributed by atoms with Crippen LogP contribution in [0.1, 0.15) is 6.92 Å². The van der Waals surface area contributed by atoms with Gasteiger partial charge < -0.3 is 29.9 Å². The fourth-order valence-corrected chi connectivity index (χ4v) is 1.36. The molecular weight excluding hydrogens is 204 g/mol. The Morgan fingerprint density at radius 3 is 2.33 bits per heavy atom. The van der Waals surface area contributed by atoms with Crippen LogP contribution in [-0.2, 0) is 9.47 Å². The van der Waals surface area contributed by atoms with Gasteiger partial charge in [0.1, 0.15) is 24.4 Å². The van der Waals surface area contributed by atoms with Crippen molar-refractivity contribution in [3.63, 3.8) is 0 Å². The normalized spacial score (nSPS) is 41.3. The molecule has 0 radical (unpaired) electrons. The second-order valence-electron chi connectivity index (χ2n) is 3.52. The maximum atomic E-state index is 9.49. The van der Waals surface area contributed by atoms with Gasteiger partial charge in [-0.15, -0.1) is 0 Å². The summed E-state index contributed by atoms with van der Waals surface area (Å²) < 4.78 is 10.1. The molecule has 0 aliphatic carbocycles. The molecule has 0 unspecified atom stereocenters. The molecule has 1 aliphatic heterocycles. The van der Waals surface area contributed by atoms with Crippen molar-refractivity contribution in [3.8, 4) is 0 Å². The van der Waals surface area contributed by atoms with Crippen LogP contribution < -0.4 is 0 Å². The van der Waals surface area contributed by atoms with Gasteiger partial charge in [0.15, 0.2) is 0 Å². The first-order valence-corrected chi connectivity index (χ1v) is 4.60. The van der Waals surface area contributed by atoms with Gasteiger partial charge in [0, 0.05) is 0 Å². The minimum Gasteiger partial charge on any atom is -0.467 e. The molecule has 1 aliphatic rings. The van der Waals surface area contributed by atoms with E-state index in [0.717, 1.165) is 0 Å². The molecule has 1 heterocycles. The molecular formula is C9H16O6. The van der Waals surface area contributed by atoms with Gasteiger partial charge in [0.2, 0.25) is 6.29 Å². The highest BCUT2D eigenvalue weighted by atomic mass is 16.7. The first-order chi connectivity index (χ1) is 6.97. The summed E-state index contributed by atoms with van der Waals surface area (Å²) in [6, 6.07) is 0. The van der Waals surface area contributed by atoms with Crippen molar-refractivity contribution < 1.29 is 29.9 Å². The van der Waals surface area contributed by atoms with Gasteiger partial charge in [-0.05, 0) is 6.92 Å². The molecule has 5 atom stereocenters. The maximum Gasteiger partial charge on any atom is 0.228 e. The number of rotatable bonds is 3. The average molecular weight is 220 g/mol. The first kappa shape index (κ1) is 12.4. The van der Waals surface area contributed by atoms with E-state index in [4.69, 9.17) is 14.6 Å². The highest BCUT2D eigenvalue weighted by Crippen LogP contribution is 2.22. The quantitative estimate of drug-likeness (QED) is 0.425.